The van der Waals surface area contributed by atoms with Crippen LogP contribution in [0.15, 0.2) is 73.2 Å². The summed E-state index contributed by atoms with van der Waals surface area (Å²) in [5, 5.41) is 4.58. The van der Waals surface area contributed by atoms with Crippen LogP contribution in [0, 0.1) is 24.6 Å². The van der Waals surface area contributed by atoms with Crippen LogP contribution in [0.3, 0.4) is 0 Å². The van der Waals surface area contributed by atoms with Gasteiger partial charge in [-0.3, -0.25) is 0 Å². The molecule has 6 rings (SSSR count). The van der Waals surface area contributed by atoms with Crippen LogP contribution in [-0.4, -0.2) is 13.7 Å². The fraction of sp³-hybridized carbons (Fsp3) is 0.385. The predicted octanol–water partition coefficient (Wildman–Crippen LogP) is 11.0. The molecule has 0 atom stereocenters. The maximum Gasteiger partial charge on any atom is 0.123 e. The maximum atomic E-state index is 13.2. The number of nitrogens with zero attached hydrogens (tertiary/aromatic N) is 3. The third-order valence-corrected chi connectivity index (χ3v) is 8.31. The number of aromatic nitrogens is 3. The van der Waals surface area contributed by atoms with E-state index in [1.54, 1.807) is 6.07 Å². The van der Waals surface area contributed by atoms with Crippen molar-refractivity contribution >= 4 is 44.3 Å². The van der Waals surface area contributed by atoms with Gasteiger partial charge >= 0.3 is 0 Å². The third-order valence-electron chi connectivity index (χ3n) is 8.07. The lowest BCUT2D eigenvalue weighted by Gasteiger charge is -2.02. The van der Waals surface area contributed by atoms with Crippen LogP contribution in [0.5, 0.6) is 0 Å². The summed E-state index contributed by atoms with van der Waals surface area (Å²) in [6, 6.07) is 17.8. The summed E-state index contributed by atoms with van der Waals surface area (Å²) in [6.07, 6.45) is 11.0. The Morgan fingerprint density at radius 1 is 0.636 bits per heavy atom. The molecule has 0 amide bonds. The van der Waals surface area contributed by atoms with Gasteiger partial charge in [-0.25, -0.2) is 4.39 Å². The Kier molecular flexibility index (Phi) is 11.0. The molecule has 0 saturated heterocycles. The Balaban J connectivity index is 0.000000151. The summed E-state index contributed by atoms with van der Waals surface area (Å²) in [7, 11) is 6.21. The van der Waals surface area contributed by atoms with Gasteiger partial charge in [-0.1, -0.05) is 64.3 Å². The van der Waals surface area contributed by atoms with Crippen LogP contribution >= 0.6 is 11.6 Å². The molecule has 6 aromatic rings. The molecule has 44 heavy (non-hydrogen) atoms. The van der Waals surface area contributed by atoms with E-state index >= 15 is 0 Å². The second-order valence-electron chi connectivity index (χ2n) is 13.1. The van der Waals surface area contributed by atoms with Crippen molar-refractivity contribution in [2.45, 2.75) is 67.2 Å². The topological polar surface area (TPSA) is 14.8 Å². The molecule has 234 valence electrons. The molecule has 5 heteroatoms. The van der Waals surface area contributed by atoms with Gasteiger partial charge in [0.2, 0.25) is 0 Å². The minimum absolute atomic E-state index is 0.154. The van der Waals surface area contributed by atoms with E-state index in [0.717, 1.165) is 34.7 Å². The first kappa shape index (κ1) is 33.4. The van der Waals surface area contributed by atoms with Crippen LogP contribution in [0.4, 0.5) is 4.39 Å². The van der Waals surface area contributed by atoms with Crippen LogP contribution in [0.2, 0.25) is 5.02 Å². The Morgan fingerprint density at radius 3 is 1.61 bits per heavy atom. The molecular weight excluding hydrogens is 565 g/mol. The van der Waals surface area contributed by atoms with Gasteiger partial charge in [0.05, 0.1) is 0 Å². The highest BCUT2D eigenvalue weighted by Gasteiger charge is 2.10. The van der Waals surface area contributed by atoms with Crippen LogP contribution in [0.25, 0.3) is 32.7 Å². The summed E-state index contributed by atoms with van der Waals surface area (Å²) in [5.41, 5.74) is 9.17. The summed E-state index contributed by atoms with van der Waals surface area (Å²) in [5.74, 6) is 1.16. The molecule has 0 aliphatic heterocycles. The van der Waals surface area contributed by atoms with Crippen LogP contribution in [0.1, 0.15) is 63.3 Å². The Hall–Kier alpha value is -3.50. The van der Waals surface area contributed by atoms with Crippen molar-refractivity contribution < 1.29 is 4.39 Å². The fourth-order valence-corrected chi connectivity index (χ4v) is 6.32. The third kappa shape index (κ3) is 7.95. The molecule has 3 heterocycles. The smallest absolute Gasteiger partial charge is 0.123 e. The number of aryl methyl sites for hydroxylation is 5. The van der Waals surface area contributed by atoms with Gasteiger partial charge in [0.1, 0.15) is 5.82 Å². The lowest BCUT2D eigenvalue weighted by molar-refractivity contribution is 0.628. The van der Waals surface area contributed by atoms with Gasteiger partial charge in [-0.05, 0) is 103 Å². The molecule has 0 saturated carbocycles. The molecule has 0 aliphatic carbocycles. The molecule has 3 aromatic heterocycles. The number of hydrogen-bond acceptors (Lipinski definition) is 0. The summed E-state index contributed by atoms with van der Waals surface area (Å²) >= 11 is 5.99. The Bertz CT molecular complexity index is 1760. The number of hydrogen-bond donors (Lipinski definition) is 0. The van der Waals surface area contributed by atoms with Crippen LogP contribution < -0.4 is 0 Å². The first-order chi connectivity index (χ1) is 20.9. The van der Waals surface area contributed by atoms with Gasteiger partial charge < -0.3 is 13.7 Å². The van der Waals surface area contributed by atoms with Crippen molar-refractivity contribution in [3.05, 3.63) is 106 Å². The lowest BCUT2D eigenvalue weighted by Crippen LogP contribution is -1.92. The van der Waals surface area contributed by atoms with Crippen molar-refractivity contribution in [1.82, 2.24) is 13.7 Å². The van der Waals surface area contributed by atoms with Gasteiger partial charge in [0.25, 0.3) is 0 Å². The molecule has 0 aliphatic rings. The van der Waals surface area contributed by atoms with Gasteiger partial charge in [-0.15, -0.1) is 0 Å². The van der Waals surface area contributed by atoms with Crippen molar-refractivity contribution in [2.75, 3.05) is 0 Å². The molecule has 0 fully saturated rings. The summed E-state index contributed by atoms with van der Waals surface area (Å²) in [6.45, 7) is 13.3. The van der Waals surface area contributed by atoms with E-state index in [2.05, 4.69) is 118 Å². The Labute approximate surface area is 268 Å². The van der Waals surface area contributed by atoms with Crippen molar-refractivity contribution in [1.29, 1.82) is 0 Å². The second-order valence-corrected chi connectivity index (χ2v) is 13.5. The molecule has 0 unspecified atom stereocenters. The van der Waals surface area contributed by atoms with E-state index in [-0.39, 0.29) is 5.82 Å². The minimum Gasteiger partial charge on any atom is -0.350 e. The zero-order chi connectivity index (χ0) is 32.1. The number of fused-ring (bicyclic) bond motifs is 3. The molecular formula is C39H49ClFN3. The normalized spacial score (nSPS) is 11.4. The molecule has 0 radical (unpaired) electrons. The average molecular weight is 614 g/mol. The number of halogens is 2. The van der Waals surface area contributed by atoms with E-state index in [1.165, 1.54) is 63.0 Å². The van der Waals surface area contributed by atoms with Crippen LogP contribution in [-0.2, 0) is 40.4 Å². The van der Waals surface area contributed by atoms with Gasteiger partial charge in [-0.2, -0.15) is 0 Å². The van der Waals surface area contributed by atoms with E-state index in [9.17, 15) is 4.39 Å². The number of benzene rings is 3. The van der Waals surface area contributed by atoms with E-state index < -0.39 is 0 Å². The van der Waals surface area contributed by atoms with Gasteiger partial charge in [0.15, 0.2) is 0 Å². The average Bonchev–Trinajstić information content (AvgIpc) is 3.54. The molecule has 0 bridgehead atoms. The standard InChI is InChI=1S/C14H19N.C13H16FN.C12H14ClN/c1-10(2)7-12-9-15(4)14-6-5-11(3)8-13(12)14;1-9(2)6-10-8-15(3)13-5-4-11(14)7-12(10)13;1-3-4-9-8-14(2)12-6-5-10(13)7-11(9)12/h5-6,8-10H,7H2,1-4H3;4-5,7-9H,6H2,1-3H3;5-8H,3-4H2,1-2H3. The predicted molar refractivity (Wildman–Crippen MR) is 190 cm³/mol. The van der Waals surface area contributed by atoms with Crippen molar-refractivity contribution in [3.63, 3.8) is 0 Å². The first-order valence-corrected chi connectivity index (χ1v) is 16.3. The van der Waals surface area contributed by atoms with E-state index in [0.29, 0.717) is 5.92 Å². The van der Waals surface area contributed by atoms with E-state index in [1.807, 2.05) is 19.2 Å². The highest BCUT2D eigenvalue weighted by Crippen LogP contribution is 2.26. The quantitative estimate of drug-likeness (QED) is 0.177. The summed E-state index contributed by atoms with van der Waals surface area (Å²) < 4.78 is 19.6. The zero-order valence-corrected chi connectivity index (χ0v) is 28.8. The largest absolute Gasteiger partial charge is 0.350 e. The Morgan fingerprint density at radius 2 is 1.09 bits per heavy atom. The lowest BCUT2D eigenvalue weighted by atomic mass is 10.0. The molecule has 0 N–H and O–H groups in total. The molecule has 3 nitrogen and oxygen atoms in total. The van der Waals surface area contributed by atoms with Gasteiger partial charge in [0, 0.05) is 77.5 Å². The SMILES string of the molecule is CC(C)Cc1cn(C)c2ccc(F)cc12.CCCc1cn(C)c2ccc(Cl)cc12.Cc1ccc2c(c1)c(CC(C)C)cn2C. The minimum atomic E-state index is -0.154. The fourth-order valence-electron chi connectivity index (χ4n) is 6.15. The maximum absolute atomic E-state index is 13.2. The van der Waals surface area contributed by atoms with Crippen molar-refractivity contribution in [2.24, 2.45) is 33.0 Å². The highest BCUT2D eigenvalue weighted by molar-refractivity contribution is 6.31. The van der Waals surface area contributed by atoms with Crippen molar-refractivity contribution in [3.8, 4) is 0 Å². The number of rotatable bonds is 6. The monoisotopic (exact) mass is 613 g/mol. The zero-order valence-electron chi connectivity index (χ0n) is 28.0. The highest BCUT2D eigenvalue weighted by atomic mass is 35.5. The van der Waals surface area contributed by atoms with E-state index in [4.69, 9.17) is 11.6 Å². The first-order valence-electron chi connectivity index (χ1n) is 15.9. The summed E-state index contributed by atoms with van der Waals surface area (Å²) in [4.78, 5) is 0. The molecule has 3 aromatic carbocycles. The second kappa shape index (κ2) is 14.5. The molecule has 0 spiro atoms.